The van der Waals surface area contributed by atoms with Crippen LogP contribution >= 0.6 is 0 Å². The first kappa shape index (κ1) is 15.4. The third-order valence-corrected chi connectivity index (χ3v) is 5.14. The van der Waals surface area contributed by atoms with Gasteiger partial charge >= 0.3 is 0 Å². The molecular weight excluding hydrogens is 298 g/mol. The van der Waals surface area contributed by atoms with Crippen molar-refractivity contribution in [3.05, 3.63) is 65.2 Å². The first-order chi connectivity index (χ1) is 11.7. The van der Waals surface area contributed by atoms with E-state index in [2.05, 4.69) is 37.3 Å². The molecule has 1 aliphatic heterocycles. The lowest BCUT2D eigenvalue weighted by Gasteiger charge is -2.44. The standard InChI is InChI=1S/C21H23NO2/c1-15-7-9-20-17(11-15)8-10-21(23)22(20)18-12-19(13-18)24-14-16-5-3-2-4-6-16/h2-7,9,11,18-19H,8,10,12-14H2,1H3. The molecule has 0 spiro atoms. The van der Waals surface area contributed by atoms with Crippen molar-refractivity contribution >= 4 is 11.6 Å². The summed E-state index contributed by atoms with van der Waals surface area (Å²) in [4.78, 5) is 14.5. The number of hydrogen-bond donors (Lipinski definition) is 0. The molecule has 0 bridgehead atoms. The zero-order valence-corrected chi connectivity index (χ0v) is 14.1. The van der Waals surface area contributed by atoms with E-state index in [4.69, 9.17) is 4.74 Å². The van der Waals surface area contributed by atoms with Gasteiger partial charge in [-0.1, -0.05) is 48.0 Å². The Morgan fingerprint density at radius 2 is 1.88 bits per heavy atom. The molecule has 2 aliphatic rings. The minimum absolute atomic E-state index is 0.262. The van der Waals surface area contributed by atoms with Crippen LogP contribution in [0.15, 0.2) is 48.5 Å². The summed E-state index contributed by atoms with van der Waals surface area (Å²) in [5.41, 5.74) is 4.89. The minimum Gasteiger partial charge on any atom is -0.373 e. The maximum atomic E-state index is 12.4. The maximum absolute atomic E-state index is 12.4. The van der Waals surface area contributed by atoms with Crippen molar-refractivity contribution in [3.63, 3.8) is 0 Å². The van der Waals surface area contributed by atoms with Gasteiger partial charge < -0.3 is 9.64 Å². The quantitative estimate of drug-likeness (QED) is 0.851. The molecule has 3 nitrogen and oxygen atoms in total. The topological polar surface area (TPSA) is 29.5 Å². The highest BCUT2D eigenvalue weighted by Gasteiger charge is 2.39. The summed E-state index contributed by atoms with van der Waals surface area (Å²) < 4.78 is 5.99. The van der Waals surface area contributed by atoms with Crippen molar-refractivity contribution in [1.29, 1.82) is 0 Å². The number of benzene rings is 2. The molecule has 1 saturated carbocycles. The van der Waals surface area contributed by atoms with Crippen molar-refractivity contribution < 1.29 is 9.53 Å². The largest absolute Gasteiger partial charge is 0.373 e. The minimum atomic E-state index is 0.262. The lowest BCUT2D eigenvalue weighted by atomic mass is 9.85. The second kappa shape index (κ2) is 6.40. The summed E-state index contributed by atoms with van der Waals surface area (Å²) in [5, 5.41) is 0. The van der Waals surface area contributed by atoms with Gasteiger partial charge in [0.25, 0.3) is 0 Å². The van der Waals surface area contributed by atoms with Gasteiger partial charge in [0.1, 0.15) is 0 Å². The Kier molecular flexibility index (Phi) is 4.11. The molecule has 0 radical (unpaired) electrons. The highest BCUT2D eigenvalue weighted by molar-refractivity contribution is 5.97. The van der Waals surface area contributed by atoms with Crippen LogP contribution in [0.1, 0.15) is 36.0 Å². The molecule has 1 heterocycles. The smallest absolute Gasteiger partial charge is 0.227 e. The molecule has 1 aliphatic carbocycles. The van der Waals surface area contributed by atoms with Crippen molar-refractivity contribution in [2.24, 2.45) is 0 Å². The number of fused-ring (bicyclic) bond motifs is 1. The van der Waals surface area contributed by atoms with Crippen LogP contribution in [0.3, 0.4) is 0 Å². The van der Waals surface area contributed by atoms with Crippen molar-refractivity contribution in [2.45, 2.75) is 51.4 Å². The maximum Gasteiger partial charge on any atom is 0.227 e. The molecule has 2 aromatic carbocycles. The van der Waals surface area contributed by atoms with Gasteiger partial charge in [-0.2, -0.15) is 0 Å². The summed E-state index contributed by atoms with van der Waals surface area (Å²) in [6.07, 6.45) is 3.63. The zero-order chi connectivity index (χ0) is 16.5. The van der Waals surface area contributed by atoms with Crippen LogP contribution in [0.25, 0.3) is 0 Å². The Hall–Kier alpha value is -2.13. The van der Waals surface area contributed by atoms with E-state index in [0.29, 0.717) is 19.1 Å². The summed E-state index contributed by atoms with van der Waals surface area (Å²) >= 11 is 0. The van der Waals surface area contributed by atoms with Crippen LogP contribution in [0.5, 0.6) is 0 Å². The summed E-state index contributed by atoms with van der Waals surface area (Å²) in [6.45, 7) is 2.76. The summed E-state index contributed by atoms with van der Waals surface area (Å²) in [5.74, 6) is 0.262. The molecule has 0 unspecified atom stereocenters. The van der Waals surface area contributed by atoms with Gasteiger partial charge in [0.05, 0.1) is 12.7 Å². The fourth-order valence-electron chi connectivity index (χ4n) is 3.72. The fraction of sp³-hybridized carbons (Fsp3) is 0.381. The first-order valence-corrected chi connectivity index (χ1v) is 8.78. The lowest BCUT2D eigenvalue weighted by molar-refractivity contribution is -0.120. The Morgan fingerprint density at radius 1 is 1.08 bits per heavy atom. The predicted molar refractivity (Wildman–Crippen MR) is 95.0 cm³/mol. The first-order valence-electron chi connectivity index (χ1n) is 8.78. The monoisotopic (exact) mass is 321 g/mol. The molecule has 2 aromatic rings. The van der Waals surface area contributed by atoms with Crippen LogP contribution in [0.2, 0.25) is 0 Å². The second-order valence-corrected chi connectivity index (χ2v) is 6.94. The summed E-state index contributed by atoms with van der Waals surface area (Å²) in [7, 11) is 0. The van der Waals surface area contributed by atoms with Gasteiger partial charge in [0, 0.05) is 18.2 Å². The molecular formula is C21H23NO2. The number of nitrogens with zero attached hydrogens (tertiary/aromatic N) is 1. The Morgan fingerprint density at radius 3 is 2.67 bits per heavy atom. The molecule has 0 saturated heterocycles. The van der Waals surface area contributed by atoms with E-state index < -0.39 is 0 Å². The van der Waals surface area contributed by atoms with Gasteiger partial charge in [-0.25, -0.2) is 0 Å². The van der Waals surface area contributed by atoms with E-state index in [9.17, 15) is 4.79 Å². The van der Waals surface area contributed by atoms with Crippen molar-refractivity contribution in [2.75, 3.05) is 4.90 Å². The number of carbonyl (C=O) groups is 1. The van der Waals surface area contributed by atoms with Gasteiger partial charge in [-0.15, -0.1) is 0 Å². The molecule has 3 heteroatoms. The molecule has 0 aromatic heterocycles. The molecule has 0 N–H and O–H groups in total. The Labute approximate surface area is 143 Å². The third kappa shape index (κ3) is 2.96. The SMILES string of the molecule is Cc1ccc2c(c1)CCC(=O)N2C1CC(OCc2ccccc2)C1. The number of hydrogen-bond acceptors (Lipinski definition) is 2. The van der Waals surface area contributed by atoms with E-state index >= 15 is 0 Å². The van der Waals surface area contributed by atoms with E-state index in [1.54, 1.807) is 0 Å². The van der Waals surface area contributed by atoms with Crippen LogP contribution in [-0.4, -0.2) is 18.1 Å². The lowest BCUT2D eigenvalue weighted by Crippen LogP contribution is -2.52. The van der Waals surface area contributed by atoms with Gasteiger partial charge in [-0.3, -0.25) is 4.79 Å². The van der Waals surface area contributed by atoms with Crippen LogP contribution in [-0.2, 0) is 22.6 Å². The van der Waals surface area contributed by atoms with Crippen LogP contribution in [0.4, 0.5) is 5.69 Å². The van der Waals surface area contributed by atoms with Crippen LogP contribution < -0.4 is 4.90 Å². The van der Waals surface area contributed by atoms with Gasteiger partial charge in [0.2, 0.25) is 5.91 Å². The van der Waals surface area contributed by atoms with E-state index in [-0.39, 0.29) is 12.0 Å². The van der Waals surface area contributed by atoms with Crippen molar-refractivity contribution in [1.82, 2.24) is 0 Å². The van der Waals surface area contributed by atoms with E-state index in [1.165, 1.54) is 16.7 Å². The predicted octanol–water partition coefficient (Wildman–Crippen LogP) is 4.02. The highest BCUT2D eigenvalue weighted by atomic mass is 16.5. The normalized spacial score (nSPS) is 22.9. The fourth-order valence-corrected chi connectivity index (χ4v) is 3.72. The van der Waals surface area contributed by atoms with Gasteiger partial charge in [-0.05, 0) is 43.4 Å². The Bertz CT molecular complexity index is 735. The number of rotatable bonds is 4. The molecule has 1 amide bonds. The molecule has 4 rings (SSSR count). The van der Waals surface area contributed by atoms with E-state index in [1.807, 2.05) is 23.1 Å². The zero-order valence-electron chi connectivity index (χ0n) is 14.1. The number of anilines is 1. The van der Waals surface area contributed by atoms with Crippen LogP contribution in [0, 0.1) is 6.92 Å². The number of carbonyl (C=O) groups excluding carboxylic acids is 1. The van der Waals surface area contributed by atoms with Crippen molar-refractivity contribution in [3.8, 4) is 0 Å². The number of ether oxygens (including phenoxy) is 1. The number of amides is 1. The number of aryl methyl sites for hydroxylation is 2. The molecule has 1 fully saturated rings. The molecule has 24 heavy (non-hydrogen) atoms. The average Bonchev–Trinajstić information content (AvgIpc) is 2.56. The summed E-state index contributed by atoms with van der Waals surface area (Å²) in [6, 6.07) is 17.0. The molecule has 0 atom stereocenters. The molecule has 124 valence electrons. The van der Waals surface area contributed by atoms with E-state index in [0.717, 1.165) is 24.9 Å². The highest BCUT2D eigenvalue weighted by Crippen LogP contribution is 2.37. The average molecular weight is 321 g/mol. The third-order valence-electron chi connectivity index (χ3n) is 5.14. The van der Waals surface area contributed by atoms with Gasteiger partial charge in [0.15, 0.2) is 0 Å². The second-order valence-electron chi connectivity index (χ2n) is 6.94. The Balaban J connectivity index is 1.39.